The van der Waals surface area contributed by atoms with E-state index < -0.39 is 5.97 Å². The van der Waals surface area contributed by atoms with Gasteiger partial charge in [-0.15, -0.1) is 0 Å². The average molecular weight is 277 g/mol. The molecule has 6 heteroatoms. The summed E-state index contributed by atoms with van der Waals surface area (Å²) >= 11 is 0. The summed E-state index contributed by atoms with van der Waals surface area (Å²) in [7, 11) is 1.59. The van der Waals surface area contributed by atoms with Crippen LogP contribution in [0.1, 0.15) is 34.6 Å². The molecule has 0 aliphatic carbocycles. The third-order valence-electron chi connectivity index (χ3n) is 3.06. The van der Waals surface area contributed by atoms with Crippen LogP contribution in [0.5, 0.6) is 5.75 Å². The summed E-state index contributed by atoms with van der Waals surface area (Å²) in [6.45, 7) is 3.17. The van der Waals surface area contributed by atoms with Crippen LogP contribution in [0.4, 0.5) is 5.69 Å². The lowest BCUT2D eigenvalue weighted by Gasteiger charge is -2.27. The zero-order valence-electron chi connectivity index (χ0n) is 11.6. The molecule has 1 amide bonds. The number of esters is 1. The molecule has 0 aromatic heterocycles. The first-order chi connectivity index (χ1) is 9.45. The van der Waals surface area contributed by atoms with Crippen LogP contribution >= 0.6 is 0 Å². The summed E-state index contributed by atoms with van der Waals surface area (Å²) in [6.07, 6.45) is 0. The van der Waals surface area contributed by atoms with Gasteiger partial charge in [0, 0.05) is 12.6 Å². The fourth-order valence-corrected chi connectivity index (χ4v) is 1.99. The quantitative estimate of drug-likeness (QED) is 0.617. The number of amides is 1. The Balaban J connectivity index is 2.58. The molecule has 0 atom stereocenters. The minimum atomic E-state index is -0.591. The number of likely N-dealkylation sites (N-methyl/N-ethyl adjacent to an activating group) is 1. The second-order valence-corrected chi connectivity index (χ2v) is 4.38. The summed E-state index contributed by atoms with van der Waals surface area (Å²) in [5.74, 6) is -0.667. The maximum Gasteiger partial charge on any atom is 0.338 e. The first kappa shape index (κ1) is 14.0. The summed E-state index contributed by atoms with van der Waals surface area (Å²) in [5, 5.41) is 0. The first-order valence-electron chi connectivity index (χ1n) is 6.21. The van der Waals surface area contributed by atoms with Crippen molar-refractivity contribution in [1.29, 1.82) is 0 Å². The Morgan fingerprint density at radius 1 is 1.35 bits per heavy atom. The molecule has 0 unspecified atom stereocenters. The number of hydrogen-bond acceptors (Lipinski definition) is 5. The Morgan fingerprint density at radius 2 is 2.05 bits per heavy atom. The standard InChI is InChI=1S/C14H15NO5/c1-4-19-14(18)10-5-11-12(6-9(10)8(2)16)20-7-13(17)15(11)3/h5-6H,4,7H2,1-3H3. The van der Waals surface area contributed by atoms with Gasteiger partial charge in [-0.1, -0.05) is 0 Å². The molecule has 0 saturated heterocycles. The third-order valence-corrected chi connectivity index (χ3v) is 3.06. The van der Waals surface area contributed by atoms with E-state index in [-0.39, 0.29) is 36.0 Å². The summed E-state index contributed by atoms with van der Waals surface area (Å²) < 4.78 is 10.2. The van der Waals surface area contributed by atoms with E-state index in [1.807, 2.05) is 0 Å². The van der Waals surface area contributed by atoms with Gasteiger partial charge >= 0.3 is 5.97 Å². The highest BCUT2D eigenvalue weighted by molar-refractivity contribution is 6.08. The number of anilines is 1. The number of carbonyl (C=O) groups is 3. The minimum absolute atomic E-state index is 0.0837. The van der Waals surface area contributed by atoms with Crippen molar-refractivity contribution in [2.75, 3.05) is 25.2 Å². The van der Waals surface area contributed by atoms with Crippen molar-refractivity contribution in [3.8, 4) is 5.75 Å². The number of Topliss-reactive ketones (excluding diaryl/α,β-unsaturated/α-hetero) is 1. The lowest BCUT2D eigenvalue weighted by Crippen LogP contribution is -2.35. The van der Waals surface area contributed by atoms with Gasteiger partial charge in [-0.25, -0.2) is 4.79 Å². The van der Waals surface area contributed by atoms with E-state index in [1.54, 1.807) is 14.0 Å². The highest BCUT2D eigenvalue weighted by atomic mass is 16.5. The number of rotatable bonds is 3. The van der Waals surface area contributed by atoms with Crippen LogP contribution in [-0.2, 0) is 9.53 Å². The van der Waals surface area contributed by atoms with Crippen LogP contribution in [-0.4, -0.2) is 37.9 Å². The molecule has 1 aliphatic rings. The lowest BCUT2D eigenvalue weighted by molar-refractivity contribution is -0.121. The zero-order chi connectivity index (χ0) is 14.9. The molecule has 1 aromatic rings. The zero-order valence-corrected chi connectivity index (χ0v) is 11.6. The fourth-order valence-electron chi connectivity index (χ4n) is 1.99. The number of hydrogen-bond donors (Lipinski definition) is 0. The Labute approximate surface area is 116 Å². The number of ketones is 1. The predicted molar refractivity (Wildman–Crippen MR) is 71.3 cm³/mol. The molecular weight excluding hydrogens is 262 g/mol. The SMILES string of the molecule is CCOC(=O)c1cc2c(cc1C(C)=O)OCC(=O)N2C. The highest BCUT2D eigenvalue weighted by Gasteiger charge is 2.27. The molecule has 0 spiro atoms. The molecule has 0 bridgehead atoms. The van der Waals surface area contributed by atoms with Crippen LogP contribution in [0.3, 0.4) is 0 Å². The Hall–Kier alpha value is -2.37. The number of ether oxygens (including phenoxy) is 2. The van der Waals surface area contributed by atoms with Gasteiger partial charge in [0.05, 0.1) is 17.9 Å². The van der Waals surface area contributed by atoms with E-state index in [0.29, 0.717) is 11.4 Å². The monoisotopic (exact) mass is 277 g/mol. The largest absolute Gasteiger partial charge is 0.482 e. The van der Waals surface area contributed by atoms with Crippen molar-refractivity contribution in [2.45, 2.75) is 13.8 Å². The van der Waals surface area contributed by atoms with Gasteiger partial charge in [0.15, 0.2) is 12.4 Å². The van der Waals surface area contributed by atoms with E-state index in [4.69, 9.17) is 9.47 Å². The van der Waals surface area contributed by atoms with E-state index >= 15 is 0 Å². The Kier molecular flexibility index (Phi) is 3.74. The number of carbonyl (C=O) groups excluding carboxylic acids is 3. The van der Waals surface area contributed by atoms with Crippen LogP contribution < -0.4 is 9.64 Å². The van der Waals surface area contributed by atoms with Crippen molar-refractivity contribution >= 4 is 23.3 Å². The van der Waals surface area contributed by atoms with Gasteiger partial charge < -0.3 is 14.4 Å². The molecular formula is C14H15NO5. The summed E-state index contributed by atoms with van der Waals surface area (Å²) in [4.78, 5) is 36.6. The lowest BCUT2D eigenvalue weighted by atomic mass is 10.0. The van der Waals surface area contributed by atoms with E-state index in [2.05, 4.69) is 0 Å². The van der Waals surface area contributed by atoms with Crippen molar-refractivity contribution in [3.63, 3.8) is 0 Å². The first-order valence-corrected chi connectivity index (χ1v) is 6.21. The van der Waals surface area contributed by atoms with Crippen molar-refractivity contribution in [2.24, 2.45) is 0 Å². The molecule has 1 heterocycles. The maximum absolute atomic E-state index is 11.9. The van der Waals surface area contributed by atoms with Crippen molar-refractivity contribution < 1.29 is 23.9 Å². The van der Waals surface area contributed by atoms with E-state index in [1.165, 1.54) is 24.0 Å². The number of nitrogens with zero attached hydrogens (tertiary/aromatic N) is 1. The fraction of sp³-hybridized carbons (Fsp3) is 0.357. The molecule has 0 saturated carbocycles. The molecule has 0 N–H and O–H groups in total. The van der Waals surface area contributed by atoms with Gasteiger partial charge in [-0.05, 0) is 26.0 Å². The second kappa shape index (κ2) is 5.32. The Morgan fingerprint density at radius 3 is 2.65 bits per heavy atom. The second-order valence-electron chi connectivity index (χ2n) is 4.38. The predicted octanol–water partition coefficient (Wildman–Crippen LogP) is 1.42. The minimum Gasteiger partial charge on any atom is -0.482 e. The van der Waals surface area contributed by atoms with Crippen LogP contribution in [0.2, 0.25) is 0 Å². The molecule has 106 valence electrons. The van der Waals surface area contributed by atoms with Gasteiger partial charge in [-0.3, -0.25) is 9.59 Å². The van der Waals surface area contributed by atoms with Crippen LogP contribution in [0.15, 0.2) is 12.1 Å². The number of benzene rings is 1. The van der Waals surface area contributed by atoms with Gasteiger partial charge in [-0.2, -0.15) is 0 Å². The molecule has 1 aliphatic heterocycles. The highest BCUT2D eigenvalue weighted by Crippen LogP contribution is 2.34. The summed E-state index contributed by atoms with van der Waals surface area (Å²) in [5.41, 5.74) is 0.822. The van der Waals surface area contributed by atoms with Gasteiger partial charge in [0.1, 0.15) is 5.75 Å². The van der Waals surface area contributed by atoms with Gasteiger partial charge in [0.2, 0.25) is 0 Å². The number of fused-ring (bicyclic) bond motifs is 1. The molecule has 2 rings (SSSR count). The van der Waals surface area contributed by atoms with E-state index in [0.717, 1.165) is 0 Å². The topological polar surface area (TPSA) is 72.9 Å². The normalized spacial score (nSPS) is 13.6. The van der Waals surface area contributed by atoms with Crippen LogP contribution in [0, 0.1) is 0 Å². The maximum atomic E-state index is 11.9. The van der Waals surface area contributed by atoms with Crippen LogP contribution in [0.25, 0.3) is 0 Å². The molecule has 0 radical (unpaired) electrons. The van der Waals surface area contributed by atoms with Crippen molar-refractivity contribution in [1.82, 2.24) is 0 Å². The van der Waals surface area contributed by atoms with Crippen molar-refractivity contribution in [3.05, 3.63) is 23.3 Å². The van der Waals surface area contributed by atoms with E-state index in [9.17, 15) is 14.4 Å². The average Bonchev–Trinajstić information content (AvgIpc) is 2.42. The summed E-state index contributed by atoms with van der Waals surface area (Å²) in [6, 6.07) is 2.94. The molecule has 0 fully saturated rings. The molecule has 20 heavy (non-hydrogen) atoms. The molecule has 1 aromatic carbocycles. The molecule has 6 nitrogen and oxygen atoms in total. The third kappa shape index (κ3) is 2.36. The van der Waals surface area contributed by atoms with Gasteiger partial charge in [0.25, 0.3) is 5.91 Å². The smallest absolute Gasteiger partial charge is 0.338 e. The Bertz CT molecular complexity index is 593.